The van der Waals surface area contributed by atoms with Crippen molar-refractivity contribution in [2.75, 3.05) is 19.6 Å². The van der Waals surface area contributed by atoms with Gasteiger partial charge in [-0.3, -0.25) is 9.59 Å². The second-order valence-electron chi connectivity index (χ2n) is 5.13. The van der Waals surface area contributed by atoms with Crippen LogP contribution in [0.3, 0.4) is 0 Å². The molecule has 0 aliphatic carbocycles. The maximum Gasteiger partial charge on any atom is 0.241 e. The number of nitrogens with one attached hydrogen (secondary N) is 1. The number of likely N-dealkylation sites (N-methyl/N-ethyl adjacent to an activating group) is 1. The molecule has 1 unspecified atom stereocenters. The van der Waals surface area contributed by atoms with E-state index in [1.807, 2.05) is 34.6 Å². The maximum atomic E-state index is 11.7. The predicted octanol–water partition coefficient (Wildman–Crippen LogP) is 0.344. The van der Waals surface area contributed by atoms with Crippen LogP contribution in [0.2, 0.25) is 0 Å². The summed E-state index contributed by atoms with van der Waals surface area (Å²) in [5.41, 5.74) is 5.48. The van der Waals surface area contributed by atoms with E-state index in [0.29, 0.717) is 13.1 Å². The summed E-state index contributed by atoms with van der Waals surface area (Å²) in [5.74, 6) is -0.359. The van der Waals surface area contributed by atoms with Gasteiger partial charge in [0.2, 0.25) is 11.8 Å². The van der Waals surface area contributed by atoms with E-state index in [1.165, 1.54) is 0 Å². The van der Waals surface area contributed by atoms with Crippen LogP contribution in [0.4, 0.5) is 0 Å². The second kappa shape index (κ2) is 6.59. The number of carbonyl (C=O) groups excluding carboxylic acids is 2. The van der Waals surface area contributed by atoms with Gasteiger partial charge in [-0.05, 0) is 19.3 Å². The molecule has 0 aliphatic rings. The molecule has 0 aromatic rings. The third kappa shape index (κ3) is 5.17. The molecule has 0 radical (unpaired) electrons. The molecule has 100 valence electrons. The topological polar surface area (TPSA) is 75.4 Å². The minimum absolute atomic E-state index is 0.0181. The second-order valence-corrected chi connectivity index (χ2v) is 5.13. The SMILES string of the molecule is CCN(CC)C(=O)CNC(=O)C(N)C(C)(C)C. The summed E-state index contributed by atoms with van der Waals surface area (Å²) in [4.78, 5) is 25.0. The van der Waals surface area contributed by atoms with Crippen LogP contribution >= 0.6 is 0 Å². The van der Waals surface area contributed by atoms with Gasteiger partial charge in [-0.15, -0.1) is 0 Å². The normalized spacial score (nSPS) is 13.1. The molecule has 0 aromatic heterocycles. The van der Waals surface area contributed by atoms with Gasteiger partial charge in [-0.2, -0.15) is 0 Å². The van der Waals surface area contributed by atoms with Crippen LogP contribution in [-0.4, -0.2) is 42.4 Å². The largest absolute Gasteiger partial charge is 0.346 e. The number of nitrogens with two attached hydrogens (primary N) is 1. The zero-order valence-electron chi connectivity index (χ0n) is 11.5. The van der Waals surface area contributed by atoms with Crippen molar-refractivity contribution in [3.05, 3.63) is 0 Å². The van der Waals surface area contributed by atoms with Gasteiger partial charge in [0.15, 0.2) is 0 Å². The molecular formula is C12H25N3O2. The van der Waals surface area contributed by atoms with Crippen LogP contribution in [0, 0.1) is 5.41 Å². The Bertz CT molecular complexity index is 267. The summed E-state index contributed by atoms with van der Waals surface area (Å²) in [6.07, 6.45) is 0. The molecule has 0 saturated carbocycles. The van der Waals surface area contributed by atoms with Crippen molar-refractivity contribution in [1.29, 1.82) is 0 Å². The Balaban J connectivity index is 4.21. The predicted molar refractivity (Wildman–Crippen MR) is 68.4 cm³/mol. The molecule has 1 atom stereocenters. The molecular weight excluding hydrogens is 218 g/mol. The van der Waals surface area contributed by atoms with Crippen molar-refractivity contribution in [1.82, 2.24) is 10.2 Å². The van der Waals surface area contributed by atoms with Crippen LogP contribution in [-0.2, 0) is 9.59 Å². The zero-order valence-corrected chi connectivity index (χ0v) is 11.5. The lowest BCUT2D eigenvalue weighted by atomic mass is 9.87. The number of carbonyl (C=O) groups is 2. The summed E-state index contributed by atoms with van der Waals surface area (Å²) in [7, 11) is 0. The van der Waals surface area contributed by atoms with E-state index < -0.39 is 6.04 Å². The fourth-order valence-electron chi connectivity index (χ4n) is 1.35. The average molecular weight is 243 g/mol. The van der Waals surface area contributed by atoms with E-state index in [0.717, 1.165) is 0 Å². The number of nitrogens with zero attached hydrogens (tertiary/aromatic N) is 1. The van der Waals surface area contributed by atoms with Gasteiger partial charge in [0.1, 0.15) is 0 Å². The van der Waals surface area contributed by atoms with E-state index in [2.05, 4.69) is 5.32 Å². The lowest BCUT2D eigenvalue weighted by molar-refractivity contribution is -0.133. The molecule has 5 nitrogen and oxygen atoms in total. The van der Waals surface area contributed by atoms with Gasteiger partial charge in [-0.1, -0.05) is 20.8 Å². The summed E-state index contributed by atoms with van der Waals surface area (Å²) in [6, 6.07) is -0.605. The van der Waals surface area contributed by atoms with E-state index in [-0.39, 0.29) is 23.8 Å². The fourth-order valence-corrected chi connectivity index (χ4v) is 1.35. The Kier molecular flexibility index (Phi) is 6.16. The zero-order chi connectivity index (χ0) is 13.6. The first-order valence-corrected chi connectivity index (χ1v) is 6.05. The van der Waals surface area contributed by atoms with Gasteiger partial charge in [-0.25, -0.2) is 0 Å². The van der Waals surface area contributed by atoms with Crippen LogP contribution in [0.15, 0.2) is 0 Å². The number of hydrogen-bond acceptors (Lipinski definition) is 3. The van der Waals surface area contributed by atoms with Gasteiger partial charge < -0.3 is 16.0 Å². The van der Waals surface area contributed by atoms with Gasteiger partial charge in [0.05, 0.1) is 12.6 Å². The Hall–Kier alpha value is -1.10. The molecule has 0 saturated heterocycles. The Morgan fingerprint density at radius 2 is 1.71 bits per heavy atom. The average Bonchev–Trinajstić information content (AvgIpc) is 2.25. The molecule has 2 amide bonds. The van der Waals surface area contributed by atoms with Crippen LogP contribution in [0.25, 0.3) is 0 Å². The monoisotopic (exact) mass is 243 g/mol. The van der Waals surface area contributed by atoms with Crippen molar-refractivity contribution >= 4 is 11.8 Å². The van der Waals surface area contributed by atoms with Crippen molar-refractivity contribution < 1.29 is 9.59 Å². The number of hydrogen-bond donors (Lipinski definition) is 2. The molecule has 0 aliphatic heterocycles. The first-order valence-electron chi connectivity index (χ1n) is 6.05. The highest BCUT2D eigenvalue weighted by molar-refractivity contribution is 5.87. The van der Waals surface area contributed by atoms with Crippen molar-refractivity contribution in [3.8, 4) is 0 Å². The van der Waals surface area contributed by atoms with E-state index >= 15 is 0 Å². The fraction of sp³-hybridized carbons (Fsp3) is 0.833. The summed E-state index contributed by atoms with van der Waals surface area (Å²) in [6.45, 7) is 10.8. The lowest BCUT2D eigenvalue weighted by Crippen LogP contribution is -2.51. The van der Waals surface area contributed by atoms with Crippen LogP contribution < -0.4 is 11.1 Å². The molecule has 0 rings (SSSR count). The quantitative estimate of drug-likeness (QED) is 0.731. The molecule has 0 heterocycles. The van der Waals surface area contributed by atoms with Crippen LogP contribution in [0.5, 0.6) is 0 Å². The van der Waals surface area contributed by atoms with Crippen molar-refractivity contribution in [2.45, 2.75) is 40.7 Å². The Labute approximate surface area is 104 Å². The molecule has 17 heavy (non-hydrogen) atoms. The number of amides is 2. The maximum absolute atomic E-state index is 11.7. The molecule has 0 bridgehead atoms. The van der Waals surface area contributed by atoms with E-state index in [1.54, 1.807) is 4.90 Å². The molecule has 0 aromatic carbocycles. The Morgan fingerprint density at radius 3 is 2.06 bits per heavy atom. The minimum atomic E-state index is -0.605. The Morgan fingerprint density at radius 1 is 1.24 bits per heavy atom. The highest BCUT2D eigenvalue weighted by Gasteiger charge is 2.27. The van der Waals surface area contributed by atoms with E-state index in [9.17, 15) is 9.59 Å². The third-order valence-corrected chi connectivity index (χ3v) is 2.75. The summed E-state index contributed by atoms with van der Waals surface area (Å²) in [5, 5.41) is 2.58. The van der Waals surface area contributed by atoms with E-state index in [4.69, 9.17) is 5.73 Å². The highest BCUT2D eigenvalue weighted by Crippen LogP contribution is 2.16. The van der Waals surface area contributed by atoms with Crippen molar-refractivity contribution in [2.24, 2.45) is 11.1 Å². The summed E-state index contributed by atoms with van der Waals surface area (Å²) >= 11 is 0. The van der Waals surface area contributed by atoms with Gasteiger partial charge >= 0.3 is 0 Å². The van der Waals surface area contributed by atoms with Crippen molar-refractivity contribution in [3.63, 3.8) is 0 Å². The first-order chi connectivity index (χ1) is 7.73. The number of rotatable bonds is 5. The highest BCUT2D eigenvalue weighted by atomic mass is 16.2. The van der Waals surface area contributed by atoms with Gasteiger partial charge in [0, 0.05) is 13.1 Å². The minimum Gasteiger partial charge on any atom is -0.346 e. The molecule has 5 heteroatoms. The lowest BCUT2D eigenvalue weighted by Gasteiger charge is -2.26. The molecule has 3 N–H and O–H groups in total. The smallest absolute Gasteiger partial charge is 0.241 e. The summed E-state index contributed by atoms with van der Waals surface area (Å²) < 4.78 is 0. The third-order valence-electron chi connectivity index (χ3n) is 2.75. The molecule has 0 fully saturated rings. The molecule has 0 spiro atoms. The standard InChI is InChI=1S/C12H25N3O2/c1-6-15(7-2)9(16)8-14-11(17)10(13)12(3,4)5/h10H,6-8,13H2,1-5H3,(H,14,17). The first kappa shape index (κ1) is 15.9. The van der Waals surface area contributed by atoms with Crippen LogP contribution in [0.1, 0.15) is 34.6 Å². The van der Waals surface area contributed by atoms with Gasteiger partial charge in [0.25, 0.3) is 0 Å².